The van der Waals surface area contributed by atoms with Gasteiger partial charge in [-0.1, -0.05) is 18.5 Å². The van der Waals surface area contributed by atoms with E-state index in [0.29, 0.717) is 22.7 Å². The van der Waals surface area contributed by atoms with Crippen LogP contribution >= 0.6 is 11.6 Å². The summed E-state index contributed by atoms with van der Waals surface area (Å²) in [5.41, 5.74) is 3.26. The maximum absolute atomic E-state index is 13.8. The van der Waals surface area contributed by atoms with Gasteiger partial charge in [-0.15, -0.1) is 0 Å². The van der Waals surface area contributed by atoms with E-state index in [4.69, 9.17) is 17.3 Å². The number of amides is 1. The lowest BCUT2D eigenvalue weighted by Crippen LogP contribution is -2.74. The average molecular weight is 548 g/mol. The summed E-state index contributed by atoms with van der Waals surface area (Å²) in [4.78, 5) is 67.4. The van der Waals surface area contributed by atoms with Crippen molar-refractivity contribution in [1.82, 2.24) is 10.2 Å². The molecular formula is C27H34ClN3O7. The number of hydrogen-bond donors (Lipinski definition) is 4. The number of rotatable bonds is 6. The van der Waals surface area contributed by atoms with Gasteiger partial charge in [0.15, 0.2) is 34.7 Å². The van der Waals surface area contributed by atoms with Crippen LogP contribution in [0.4, 0.5) is 0 Å². The van der Waals surface area contributed by atoms with Gasteiger partial charge in [0.1, 0.15) is 5.75 Å². The second-order valence-corrected chi connectivity index (χ2v) is 12.0. The Hall–Kier alpha value is -2.66. The van der Waals surface area contributed by atoms with E-state index < -0.39 is 64.4 Å². The largest absolute Gasteiger partial charge is 0.507 e. The third-order valence-corrected chi connectivity index (χ3v) is 9.18. The van der Waals surface area contributed by atoms with Gasteiger partial charge >= 0.3 is 0 Å². The lowest BCUT2D eigenvalue weighted by atomic mass is 9.52. The van der Waals surface area contributed by atoms with Crippen LogP contribution in [0.1, 0.15) is 55.1 Å². The Labute approximate surface area is 225 Å². The Morgan fingerprint density at radius 1 is 1.24 bits per heavy atom. The zero-order chi connectivity index (χ0) is 28.5. The molecule has 38 heavy (non-hydrogen) atoms. The topological polar surface area (TPSA) is 167 Å². The summed E-state index contributed by atoms with van der Waals surface area (Å²) in [6.45, 7) is 6.42. The first-order chi connectivity index (χ1) is 17.6. The summed E-state index contributed by atoms with van der Waals surface area (Å²) < 4.78 is 0. The Bertz CT molecular complexity index is 1260. The number of carbonyl (C=O) groups is 5. The summed E-state index contributed by atoms with van der Waals surface area (Å²) in [7, 11) is 3.08. The molecule has 1 amide bonds. The van der Waals surface area contributed by atoms with Crippen molar-refractivity contribution >= 4 is 40.6 Å². The highest BCUT2D eigenvalue weighted by molar-refractivity contribution is 6.34. The van der Waals surface area contributed by atoms with Crippen LogP contribution in [-0.4, -0.2) is 75.4 Å². The number of nitrogens with two attached hydrogens (primary N) is 1. The number of ketones is 4. The summed E-state index contributed by atoms with van der Waals surface area (Å²) in [6, 6.07) is 0.241. The molecule has 0 aromatic heterocycles. The molecule has 206 valence electrons. The van der Waals surface area contributed by atoms with E-state index in [1.165, 1.54) is 11.0 Å². The van der Waals surface area contributed by atoms with Crippen molar-refractivity contribution in [3.63, 3.8) is 0 Å². The second kappa shape index (κ2) is 9.51. The molecule has 4 rings (SSSR count). The number of fused-ring (bicyclic) bond motifs is 3. The van der Waals surface area contributed by atoms with Crippen LogP contribution in [0.25, 0.3) is 0 Å². The molecule has 0 spiro atoms. The van der Waals surface area contributed by atoms with E-state index >= 15 is 0 Å². The number of nitrogens with one attached hydrogen (secondary N) is 1. The van der Waals surface area contributed by atoms with Gasteiger partial charge in [0.05, 0.1) is 17.5 Å². The Morgan fingerprint density at radius 3 is 2.42 bits per heavy atom. The molecule has 5 N–H and O–H groups in total. The number of Topliss-reactive ketones (excluding diaryl/α,β-unsaturated/α-hetero) is 4. The van der Waals surface area contributed by atoms with E-state index in [1.54, 1.807) is 14.1 Å². The van der Waals surface area contributed by atoms with Crippen LogP contribution in [0.15, 0.2) is 6.07 Å². The molecule has 0 saturated heterocycles. The Balaban J connectivity index is 1.80. The first kappa shape index (κ1) is 28.4. The predicted octanol–water partition coefficient (Wildman–Crippen LogP) is 0.799. The minimum absolute atomic E-state index is 0.0215. The van der Waals surface area contributed by atoms with Crippen LogP contribution in [-0.2, 0) is 32.1 Å². The molecule has 2 unspecified atom stereocenters. The molecule has 0 radical (unpaired) electrons. The predicted molar refractivity (Wildman–Crippen MR) is 138 cm³/mol. The first-order valence-corrected chi connectivity index (χ1v) is 13.1. The van der Waals surface area contributed by atoms with Gasteiger partial charge in [-0.3, -0.25) is 28.9 Å². The van der Waals surface area contributed by atoms with E-state index in [9.17, 15) is 34.2 Å². The molecule has 1 aromatic carbocycles. The number of aliphatic hydroxyl groups is 1. The van der Waals surface area contributed by atoms with Crippen molar-refractivity contribution in [2.45, 2.75) is 63.8 Å². The molecule has 2 saturated carbocycles. The summed E-state index contributed by atoms with van der Waals surface area (Å²) in [5.74, 6) is -10.8. The van der Waals surface area contributed by atoms with E-state index in [-0.39, 0.29) is 29.7 Å². The highest BCUT2D eigenvalue weighted by Crippen LogP contribution is 2.51. The molecule has 0 bridgehead atoms. The number of carbonyl (C=O) groups excluding carboxylic acids is 5. The zero-order valence-electron chi connectivity index (χ0n) is 22.1. The number of benzene rings is 1. The number of primary amides is 1. The smallest absolute Gasteiger partial charge is 0.235 e. The second-order valence-electron chi connectivity index (χ2n) is 11.6. The minimum Gasteiger partial charge on any atom is -0.507 e. The van der Waals surface area contributed by atoms with Crippen molar-refractivity contribution < 1.29 is 34.2 Å². The fraction of sp³-hybridized carbons (Fsp3) is 0.593. The normalized spacial score (nSPS) is 31.2. The van der Waals surface area contributed by atoms with Crippen LogP contribution in [0.2, 0.25) is 5.02 Å². The number of phenolic OH excluding ortho intramolecular Hbond substituents is 1. The van der Waals surface area contributed by atoms with Gasteiger partial charge < -0.3 is 21.3 Å². The lowest BCUT2D eigenvalue weighted by molar-refractivity contribution is -0.181. The van der Waals surface area contributed by atoms with Crippen LogP contribution in [0.3, 0.4) is 0 Å². The van der Waals surface area contributed by atoms with Gasteiger partial charge in [-0.25, -0.2) is 0 Å². The standard InChI is InChI=1S/C27H34ClN3O7/c1-6-26(2,3)30-10-12-9-15(32)17-13(19(12)28)7-11-8-14-20(31(4)5)22(34)18(25(29)37)24(36)27(14,38)23(35)16(11)21(17)33/h9,11,14,16,18,20,30,32,38H,6-8,10H2,1-5H3,(H2,29,37)/t11-,14-,16?,18?,20-,27-/m0/s1. The van der Waals surface area contributed by atoms with Gasteiger partial charge in [0, 0.05) is 23.0 Å². The van der Waals surface area contributed by atoms with Crippen molar-refractivity contribution in [1.29, 1.82) is 0 Å². The molecule has 3 aliphatic rings. The molecule has 3 aliphatic carbocycles. The van der Waals surface area contributed by atoms with Crippen LogP contribution < -0.4 is 11.1 Å². The third-order valence-electron chi connectivity index (χ3n) is 8.71. The molecule has 0 aliphatic heterocycles. The zero-order valence-corrected chi connectivity index (χ0v) is 22.9. The number of nitrogens with zero attached hydrogens (tertiary/aromatic N) is 1. The molecule has 10 nitrogen and oxygen atoms in total. The minimum atomic E-state index is -2.74. The number of likely N-dealkylation sites (N-methyl/N-ethyl adjacent to an activating group) is 1. The van der Waals surface area contributed by atoms with Crippen molar-refractivity contribution in [3.05, 3.63) is 27.8 Å². The summed E-state index contributed by atoms with van der Waals surface area (Å²) >= 11 is 6.74. The van der Waals surface area contributed by atoms with Gasteiger partial charge in [-0.05, 0) is 70.3 Å². The highest BCUT2D eigenvalue weighted by atomic mass is 35.5. The Morgan fingerprint density at radius 2 is 1.87 bits per heavy atom. The lowest BCUT2D eigenvalue weighted by Gasteiger charge is -2.52. The quantitative estimate of drug-likeness (QED) is 0.376. The van der Waals surface area contributed by atoms with E-state index in [2.05, 4.69) is 5.32 Å². The van der Waals surface area contributed by atoms with Crippen molar-refractivity contribution in [3.8, 4) is 5.75 Å². The SMILES string of the molecule is CCC(C)(C)NCc1cc(O)c2c(c1Cl)C[C@H]1C[C@H]3[C@H](N(C)C)C(=O)C(C(N)=O)C(=O)[C@@]3(O)C(=O)C1C2=O. The van der Waals surface area contributed by atoms with E-state index in [0.717, 1.165) is 6.42 Å². The monoisotopic (exact) mass is 547 g/mol. The van der Waals surface area contributed by atoms with Crippen LogP contribution in [0, 0.1) is 23.7 Å². The molecular weight excluding hydrogens is 514 g/mol. The third kappa shape index (κ3) is 4.09. The first-order valence-electron chi connectivity index (χ1n) is 12.7. The molecule has 6 atom stereocenters. The van der Waals surface area contributed by atoms with Gasteiger partial charge in [0.25, 0.3) is 0 Å². The fourth-order valence-electron chi connectivity index (χ4n) is 6.30. The highest BCUT2D eigenvalue weighted by Gasteiger charge is 2.69. The molecule has 1 aromatic rings. The van der Waals surface area contributed by atoms with Crippen LogP contribution in [0.5, 0.6) is 5.75 Å². The number of halogens is 1. The Kier molecular flexibility index (Phi) is 7.10. The van der Waals surface area contributed by atoms with Crippen molar-refractivity contribution in [2.75, 3.05) is 14.1 Å². The van der Waals surface area contributed by atoms with E-state index in [1.807, 2.05) is 20.8 Å². The summed E-state index contributed by atoms with van der Waals surface area (Å²) in [6.07, 6.45) is 0.951. The maximum Gasteiger partial charge on any atom is 0.235 e. The molecule has 11 heteroatoms. The van der Waals surface area contributed by atoms with Gasteiger partial charge in [0.2, 0.25) is 5.91 Å². The summed E-state index contributed by atoms with van der Waals surface area (Å²) in [5, 5.41) is 26.1. The average Bonchev–Trinajstić information content (AvgIpc) is 2.82. The van der Waals surface area contributed by atoms with Gasteiger partial charge in [-0.2, -0.15) is 0 Å². The molecule has 2 fully saturated rings. The van der Waals surface area contributed by atoms with Crippen molar-refractivity contribution in [2.24, 2.45) is 29.4 Å². The number of aromatic hydroxyl groups is 1. The number of hydrogen-bond acceptors (Lipinski definition) is 9. The number of phenols is 1. The maximum atomic E-state index is 13.8. The fourth-order valence-corrected chi connectivity index (χ4v) is 6.59. The molecule has 0 heterocycles.